The largest absolute Gasteiger partial charge is 0.378 e. The van der Waals surface area contributed by atoms with Crippen molar-refractivity contribution in [3.05, 3.63) is 12.3 Å². The zero-order valence-electron chi connectivity index (χ0n) is 16.3. The van der Waals surface area contributed by atoms with E-state index in [1.165, 1.54) is 0 Å². The summed E-state index contributed by atoms with van der Waals surface area (Å²) in [5.41, 5.74) is -0.386. The second kappa shape index (κ2) is 9.71. The van der Waals surface area contributed by atoms with Gasteiger partial charge in [-0.25, -0.2) is 0 Å². The summed E-state index contributed by atoms with van der Waals surface area (Å²) in [4.78, 5) is 26.7. The van der Waals surface area contributed by atoms with E-state index < -0.39 is 0 Å². The first kappa shape index (κ1) is 20.4. The van der Waals surface area contributed by atoms with Crippen LogP contribution in [0.15, 0.2) is 12.3 Å². The first-order valence-electron chi connectivity index (χ1n) is 9.69. The molecule has 0 spiro atoms. The Morgan fingerprint density at radius 2 is 2.00 bits per heavy atom. The molecule has 1 saturated heterocycles. The van der Waals surface area contributed by atoms with Crippen LogP contribution < -0.4 is 5.32 Å². The smallest absolute Gasteiger partial charge is 0.244 e. The Labute approximate surface area is 156 Å². The van der Waals surface area contributed by atoms with Crippen molar-refractivity contribution >= 4 is 17.6 Å². The average molecular weight is 364 g/mol. The fourth-order valence-electron chi connectivity index (χ4n) is 3.05. The molecule has 0 aromatic carbocycles. The Bertz CT molecular complexity index is 595. The van der Waals surface area contributed by atoms with E-state index in [4.69, 9.17) is 4.74 Å². The maximum Gasteiger partial charge on any atom is 0.244 e. The van der Waals surface area contributed by atoms with Gasteiger partial charge in [0.05, 0.1) is 13.2 Å². The number of ether oxygens (including phenoxy) is 1. The van der Waals surface area contributed by atoms with Gasteiger partial charge >= 0.3 is 0 Å². The minimum atomic E-state index is -0.386. The Hall–Kier alpha value is -1.89. The van der Waals surface area contributed by atoms with Crippen molar-refractivity contribution in [2.24, 2.45) is 5.41 Å². The molecule has 1 aromatic rings. The Morgan fingerprint density at radius 1 is 1.27 bits per heavy atom. The number of unbranched alkanes of at least 4 members (excludes halogenated alkanes) is 2. The van der Waals surface area contributed by atoms with Gasteiger partial charge in [0, 0.05) is 30.8 Å². The number of nitrogens with zero attached hydrogens (tertiary/aromatic N) is 3. The highest BCUT2D eigenvalue weighted by molar-refractivity contribution is 5.94. The van der Waals surface area contributed by atoms with E-state index in [0.29, 0.717) is 32.1 Å². The molecule has 0 radical (unpaired) electrons. The minimum absolute atomic E-state index is 0.000795. The predicted molar refractivity (Wildman–Crippen MR) is 101 cm³/mol. The quantitative estimate of drug-likeness (QED) is 0.684. The molecule has 1 aliphatic rings. The molecule has 2 heterocycles. The fourth-order valence-corrected chi connectivity index (χ4v) is 3.05. The van der Waals surface area contributed by atoms with Crippen LogP contribution in [-0.2, 0) is 20.9 Å². The maximum atomic E-state index is 12.7. The summed E-state index contributed by atoms with van der Waals surface area (Å²) >= 11 is 0. The lowest BCUT2D eigenvalue weighted by Gasteiger charge is -2.27. The Balaban J connectivity index is 1.89. The monoisotopic (exact) mass is 364 g/mol. The molecule has 2 amide bonds. The predicted octanol–water partition coefficient (Wildman–Crippen LogP) is 2.68. The first-order valence-corrected chi connectivity index (χ1v) is 9.69. The van der Waals surface area contributed by atoms with E-state index in [1.54, 1.807) is 21.8 Å². The van der Waals surface area contributed by atoms with Crippen molar-refractivity contribution in [3.63, 3.8) is 0 Å². The van der Waals surface area contributed by atoms with Gasteiger partial charge < -0.3 is 15.0 Å². The Kier molecular flexibility index (Phi) is 7.63. The number of hydrogen-bond acceptors (Lipinski definition) is 4. The van der Waals surface area contributed by atoms with E-state index >= 15 is 0 Å². The number of morpholine rings is 1. The van der Waals surface area contributed by atoms with Gasteiger partial charge in [-0.2, -0.15) is 5.10 Å². The summed E-state index contributed by atoms with van der Waals surface area (Å²) in [6.45, 7) is 8.81. The van der Waals surface area contributed by atoms with Crippen LogP contribution in [0.1, 0.15) is 52.9 Å². The molecule has 1 aromatic heterocycles. The van der Waals surface area contributed by atoms with Crippen LogP contribution >= 0.6 is 0 Å². The second-order valence-electron chi connectivity index (χ2n) is 7.22. The number of carbonyl (C=O) groups excluding carboxylic acids is 2. The van der Waals surface area contributed by atoms with Crippen molar-refractivity contribution < 1.29 is 14.3 Å². The lowest BCUT2D eigenvalue weighted by molar-refractivity contribution is -0.136. The van der Waals surface area contributed by atoms with Gasteiger partial charge in [0.15, 0.2) is 5.82 Å². The van der Waals surface area contributed by atoms with Gasteiger partial charge in [0.1, 0.15) is 6.54 Å². The maximum absolute atomic E-state index is 12.7. The first-order chi connectivity index (χ1) is 12.5. The van der Waals surface area contributed by atoms with E-state index in [0.717, 1.165) is 32.1 Å². The summed E-state index contributed by atoms with van der Waals surface area (Å²) in [6, 6.07) is 1.74. The summed E-state index contributed by atoms with van der Waals surface area (Å²) in [7, 11) is 0. The molecule has 7 heteroatoms. The zero-order valence-corrected chi connectivity index (χ0v) is 16.3. The van der Waals surface area contributed by atoms with E-state index in [-0.39, 0.29) is 23.8 Å². The van der Waals surface area contributed by atoms with Crippen LogP contribution in [0.4, 0.5) is 5.82 Å². The van der Waals surface area contributed by atoms with E-state index in [9.17, 15) is 9.59 Å². The summed E-state index contributed by atoms with van der Waals surface area (Å²) in [6.07, 6.45) is 6.73. The van der Waals surface area contributed by atoms with Crippen LogP contribution in [0.5, 0.6) is 0 Å². The number of anilines is 1. The molecule has 0 saturated carbocycles. The molecular formula is C19H32N4O3. The summed E-state index contributed by atoms with van der Waals surface area (Å²) < 4.78 is 6.84. The molecule has 1 aliphatic heterocycles. The van der Waals surface area contributed by atoms with Gasteiger partial charge in [0.25, 0.3) is 0 Å². The van der Waals surface area contributed by atoms with Gasteiger partial charge in [-0.15, -0.1) is 0 Å². The Morgan fingerprint density at radius 3 is 2.65 bits per heavy atom. The third kappa shape index (κ3) is 5.56. The standard InChI is InChI=1S/C19H32N4O3/c1-4-6-7-9-19(3,5-2)18(25)20-16-8-10-23(21-16)15-17(24)22-11-13-26-14-12-22/h8,10H,4-7,9,11-15H2,1-3H3,(H,20,21,25). The lowest BCUT2D eigenvalue weighted by Crippen LogP contribution is -2.42. The highest BCUT2D eigenvalue weighted by atomic mass is 16.5. The minimum Gasteiger partial charge on any atom is -0.378 e. The van der Waals surface area contributed by atoms with Gasteiger partial charge in [-0.3, -0.25) is 14.3 Å². The number of aromatic nitrogens is 2. The van der Waals surface area contributed by atoms with Crippen molar-refractivity contribution in [2.75, 3.05) is 31.6 Å². The van der Waals surface area contributed by atoms with E-state index in [2.05, 4.69) is 17.3 Å². The molecule has 146 valence electrons. The molecule has 7 nitrogen and oxygen atoms in total. The fraction of sp³-hybridized carbons (Fsp3) is 0.737. The van der Waals surface area contributed by atoms with Crippen molar-refractivity contribution in [1.29, 1.82) is 0 Å². The van der Waals surface area contributed by atoms with Gasteiger partial charge in [0.2, 0.25) is 11.8 Å². The van der Waals surface area contributed by atoms with Gasteiger partial charge in [-0.1, -0.05) is 40.0 Å². The molecule has 26 heavy (non-hydrogen) atoms. The zero-order chi connectivity index (χ0) is 19.0. The number of hydrogen-bond donors (Lipinski definition) is 1. The third-order valence-electron chi connectivity index (χ3n) is 5.20. The van der Waals surface area contributed by atoms with Crippen LogP contribution in [-0.4, -0.2) is 52.8 Å². The highest BCUT2D eigenvalue weighted by Crippen LogP contribution is 2.30. The molecule has 2 rings (SSSR count). The topological polar surface area (TPSA) is 76.5 Å². The van der Waals surface area contributed by atoms with Crippen LogP contribution in [0.25, 0.3) is 0 Å². The molecule has 0 aliphatic carbocycles. The number of carbonyl (C=O) groups is 2. The average Bonchev–Trinajstić information content (AvgIpc) is 3.09. The SMILES string of the molecule is CCCCCC(C)(CC)C(=O)Nc1ccn(CC(=O)N2CCOCC2)n1. The lowest BCUT2D eigenvalue weighted by atomic mass is 9.81. The van der Waals surface area contributed by atoms with Crippen LogP contribution in [0.2, 0.25) is 0 Å². The normalized spacial score (nSPS) is 17.0. The third-order valence-corrected chi connectivity index (χ3v) is 5.20. The van der Waals surface area contributed by atoms with Crippen molar-refractivity contribution in [3.8, 4) is 0 Å². The molecule has 1 atom stereocenters. The van der Waals surface area contributed by atoms with Crippen LogP contribution in [0, 0.1) is 5.41 Å². The highest BCUT2D eigenvalue weighted by Gasteiger charge is 2.31. The second-order valence-corrected chi connectivity index (χ2v) is 7.22. The molecule has 1 N–H and O–H groups in total. The number of nitrogens with one attached hydrogen (secondary N) is 1. The van der Waals surface area contributed by atoms with Crippen molar-refractivity contribution in [1.82, 2.24) is 14.7 Å². The van der Waals surface area contributed by atoms with Crippen molar-refractivity contribution in [2.45, 2.75) is 59.4 Å². The molecule has 0 bridgehead atoms. The molecule has 1 unspecified atom stereocenters. The van der Waals surface area contributed by atoms with Gasteiger partial charge in [-0.05, 0) is 12.8 Å². The number of amides is 2. The summed E-state index contributed by atoms with van der Waals surface area (Å²) in [5, 5.41) is 7.25. The molecular weight excluding hydrogens is 332 g/mol. The molecule has 1 fully saturated rings. The number of rotatable bonds is 9. The summed E-state index contributed by atoms with van der Waals surface area (Å²) in [5.74, 6) is 0.521. The van der Waals surface area contributed by atoms with Crippen LogP contribution in [0.3, 0.4) is 0 Å². The van der Waals surface area contributed by atoms with E-state index in [1.807, 2.05) is 13.8 Å².